The van der Waals surface area contributed by atoms with Crippen LogP contribution < -0.4 is 10.2 Å². The Labute approximate surface area is 182 Å². The number of fused-ring (bicyclic) bond motifs is 5. The van der Waals surface area contributed by atoms with Gasteiger partial charge in [0.15, 0.2) is 0 Å². The molecule has 1 N–H and O–H groups in total. The monoisotopic (exact) mass is 430 g/mol. The van der Waals surface area contributed by atoms with E-state index < -0.39 is 5.60 Å². The smallest absolute Gasteiger partial charge is 0.320 e. The molecule has 0 radical (unpaired) electrons. The summed E-state index contributed by atoms with van der Waals surface area (Å²) in [6.07, 6.45) is 2.07. The summed E-state index contributed by atoms with van der Waals surface area (Å²) >= 11 is 8.15. The fourth-order valence-electron chi connectivity index (χ4n) is 4.19. The summed E-state index contributed by atoms with van der Waals surface area (Å²) in [5.74, 6) is -0.214. The van der Waals surface area contributed by atoms with E-state index in [-0.39, 0.29) is 24.6 Å². The molecule has 4 nitrogen and oxygen atoms in total. The molecule has 2 aromatic carbocycles. The molecule has 1 saturated heterocycles. The van der Waals surface area contributed by atoms with Crippen LogP contribution in [0.15, 0.2) is 52.3 Å². The van der Waals surface area contributed by atoms with Gasteiger partial charge in [-0.05, 0) is 63.4 Å². The maximum absolute atomic E-state index is 12.3. The molecule has 0 amide bonds. The van der Waals surface area contributed by atoms with Crippen molar-refractivity contribution in [1.82, 2.24) is 5.32 Å². The number of piperidine rings is 1. The van der Waals surface area contributed by atoms with E-state index in [0.29, 0.717) is 0 Å². The molecule has 154 valence electrons. The van der Waals surface area contributed by atoms with Gasteiger partial charge in [0, 0.05) is 27.4 Å². The highest BCUT2D eigenvalue weighted by Gasteiger charge is 2.37. The van der Waals surface area contributed by atoms with Gasteiger partial charge in [-0.15, -0.1) is 0 Å². The van der Waals surface area contributed by atoms with Gasteiger partial charge in [-0.25, -0.2) is 0 Å². The molecule has 0 saturated carbocycles. The van der Waals surface area contributed by atoms with E-state index in [1.807, 2.05) is 26.8 Å². The van der Waals surface area contributed by atoms with Crippen molar-refractivity contribution in [3.8, 4) is 0 Å². The average molecular weight is 431 g/mol. The summed E-state index contributed by atoms with van der Waals surface area (Å²) in [5.41, 5.74) is 2.00. The number of anilines is 1. The number of carbonyl (C=O) groups excluding carboxylic acids is 1. The van der Waals surface area contributed by atoms with E-state index in [0.717, 1.165) is 24.4 Å². The molecule has 6 heteroatoms. The molecule has 2 unspecified atom stereocenters. The standard InChI is InChI=1S/C23H27ClN2O2S/c1-23(2,3)28-21(27)14-25-17-8-6-12-26-18-13-15(24)10-11-20(18)29-19-9-5-4-7-16(19)22(17)26/h4-5,7,9-11,13,17,22,25H,6,8,12,14H2,1-3H3. The molecule has 4 rings (SSSR count). The lowest BCUT2D eigenvalue weighted by Crippen LogP contribution is -2.50. The predicted molar refractivity (Wildman–Crippen MR) is 119 cm³/mol. The lowest BCUT2D eigenvalue weighted by Gasteiger charge is -2.43. The van der Waals surface area contributed by atoms with Crippen LogP contribution in [0.25, 0.3) is 0 Å². The zero-order chi connectivity index (χ0) is 20.6. The van der Waals surface area contributed by atoms with Crippen LogP contribution in [0.2, 0.25) is 5.02 Å². The van der Waals surface area contributed by atoms with Gasteiger partial charge in [0.1, 0.15) is 5.60 Å². The predicted octanol–water partition coefficient (Wildman–Crippen LogP) is 5.45. The Bertz CT molecular complexity index is 912. The largest absolute Gasteiger partial charge is 0.459 e. The molecule has 2 aliphatic rings. The van der Waals surface area contributed by atoms with Gasteiger partial charge in [-0.3, -0.25) is 4.79 Å². The summed E-state index contributed by atoms with van der Waals surface area (Å²) in [5, 5.41) is 4.25. The molecular weight excluding hydrogens is 404 g/mol. The normalized spacial score (nSPS) is 20.9. The Morgan fingerprint density at radius 3 is 2.83 bits per heavy atom. The highest BCUT2D eigenvalue weighted by atomic mass is 35.5. The van der Waals surface area contributed by atoms with E-state index in [2.05, 4.69) is 46.6 Å². The molecule has 2 atom stereocenters. The molecule has 2 heterocycles. The van der Waals surface area contributed by atoms with Gasteiger partial charge in [0.2, 0.25) is 0 Å². The van der Waals surface area contributed by atoms with Crippen molar-refractivity contribution in [2.75, 3.05) is 18.0 Å². The van der Waals surface area contributed by atoms with Crippen LogP contribution >= 0.6 is 23.4 Å². The van der Waals surface area contributed by atoms with Crippen LogP contribution in [0, 0.1) is 0 Å². The van der Waals surface area contributed by atoms with Crippen molar-refractivity contribution in [1.29, 1.82) is 0 Å². The molecule has 0 spiro atoms. The Balaban J connectivity index is 1.66. The second-order valence-corrected chi connectivity index (χ2v) is 10.1. The zero-order valence-electron chi connectivity index (χ0n) is 17.1. The third-order valence-electron chi connectivity index (χ3n) is 5.25. The quantitative estimate of drug-likeness (QED) is 0.656. The number of rotatable bonds is 3. The molecule has 2 aromatic rings. The van der Waals surface area contributed by atoms with Crippen molar-refractivity contribution < 1.29 is 9.53 Å². The number of nitrogens with one attached hydrogen (secondary N) is 1. The van der Waals surface area contributed by atoms with Gasteiger partial charge in [0.05, 0.1) is 18.3 Å². The number of carbonyl (C=O) groups is 1. The second kappa shape index (κ2) is 8.21. The van der Waals surface area contributed by atoms with E-state index in [4.69, 9.17) is 16.3 Å². The van der Waals surface area contributed by atoms with E-state index in [9.17, 15) is 4.79 Å². The third-order valence-corrected chi connectivity index (χ3v) is 6.64. The van der Waals surface area contributed by atoms with Crippen LogP contribution in [-0.4, -0.2) is 30.7 Å². The topological polar surface area (TPSA) is 41.6 Å². The first-order valence-corrected chi connectivity index (χ1v) is 11.3. The summed E-state index contributed by atoms with van der Waals surface area (Å²) in [7, 11) is 0. The molecule has 0 aliphatic carbocycles. The van der Waals surface area contributed by atoms with Crippen molar-refractivity contribution in [3.05, 3.63) is 53.1 Å². The van der Waals surface area contributed by atoms with Crippen LogP contribution in [0.4, 0.5) is 5.69 Å². The zero-order valence-corrected chi connectivity index (χ0v) is 18.6. The van der Waals surface area contributed by atoms with Gasteiger partial charge in [-0.1, -0.05) is 41.6 Å². The van der Waals surface area contributed by atoms with Crippen molar-refractivity contribution in [2.45, 2.75) is 61.1 Å². The molecule has 2 aliphatic heterocycles. The minimum atomic E-state index is -0.474. The summed E-state index contributed by atoms with van der Waals surface area (Å²) in [4.78, 5) is 17.2. The fourth-order valence-corrected chi connectivity index (χ4v) is 5.47. The first-order chi connectivity index (χ1) is 13.8. The maximum Gasteiger partial charge on any atom is 0.320 e. The average Bonchev–Trinajstić information content (AvgIpc) is 2.80. The van der Waals surface area contributed by atoms with E-state index in [1.54, 1.807) is 11.8 Å². The number of benzene rings is 2. The Hall–Kier alpha value is -1.69. The minimum Gasteiger partial charge on any atom is -0.459 e. The number of nitrogens with zero attached hydrogens (tertiary/aromatic N) is 1. The van der Waals surface area contributed by atoms with Crippen LogP contribution in [0.3, 0.4) is 0 Å². The summed E-state index contributed by atoms with van der Waals surface area (Å²) in [6, 6.07) is 15.0. The fraction of sp³-hybridized carbons (Fsp3) is 0.435. The lowest BCUT2D eigenvalue weighted by atomic mass is 9.89. The number of hydrogen-bond donors (Lipinski definition) is 1. The number of esters is 1. The lowest BCUT2D eigenvalue weighted by molar-refractivity contribution is -0.153. The van der Waals surface area contributed by atoms with Crippen LogP contribution in [0.1, 0.15) is 45.2 Å². The molecule has 0 bridgehead atoms. The van der Waals surface area contributed by atoms with E-state index in [1.165, 1.54) is 21.0 Å². The number of ether oxygens (including phenoxy) is 1. The number of hydrogen-bond acceptors (Lipinski definition) is 5. The third kappa shape index (κ3) is 4.57. The Morgan fingerprint density at radius 1 is 1.24 bits per heavy atom. The van der Waals surface area contributed by atoms with Crippen molar-refractivity contribution in [3.63, 3.8) is 0 Å². The Kier molecular flexibility index (Phi) is 5.83. The first-order valence-electron chi connectivity index (χ1n) is 10.1. The Morgan fingerprint density at radius 2 is 2.03 bits per heavy atom. The van der Waals surface area contributed by atoms with Crippen molar-refractivity contribution >= 4 is 35.0 Å². The van der Waals surface area contributed by atoms with Crippen LogP contribution in [-0.2, 0) is 9.53 Å². The summed E-state index contributed by atoms with van der Waals surface area (Å²) in [6.45, 7) is 6.87. The molecule has 1 fully saturated rings. The highest BCUT2D eigenvalue weighted by Crippen LogP contribution is 2.49. The van der Waals surface area contributed by atoms with Crippen molar-refractivity contribution in [2.24, 2.45) is 0 Å². The molecular formula is C23H27ClN2O2S. The minimum absolute atomic E-state index is 0.148. The van der Waals surface area contributed by atoms with Gasteiger partial charge in [0.25, 0.3) is 0 Å². The van der Waals surface area contributed by atoms with Crippen LogP contribution in [0.5, 0.6) is 0 Å². The van der Waals surface area contributed by atoms with E-state index >= 15 is 0 Å². The first kappa shape index (κ1) is 20.6. The maximum atomic E-state index is 12.3. The SMILES string of the molecule is CC(C)(C)OC(=O)CNC1CCCN2c3cc(Cl)ccc3Sc3ccccc3C12. The summed E-state index contributed by atoms with van der Waals surface area (Å²) < 4.78 is 5.49. The highest BCUT2D eigenvalue weighted by molar-refractivity contribution is 7.99. The van der Waals surface area contributed by atoms with Gasteiger partial charge < -0.3 is 15.0 Å². The van der Waals surface area contributed by atoms with Gasteiger partial charge in [-0.2, -0.15) is 0 Å². The molecule has 0 aromatic heterocycles. The number of halogens is 1. The van der Waals surface area contributed by atoms with Gasteiger partial charge >= 0.3 is 5.97 Å². The molecule has 29 heavy (non-hydrogen) atoms. The second-order valence-electron chi connectivity index (χ2n) is 8.61.